The van der Waals surface area contributed by atoms with Crippen LogP contribution in [0, 0.1) is 0 Å². The van der Waals surface area contributed by atoms with Crippen LogP contribution < -0.4 is 4.74 Å². The lowest BCUT2D eigenvalue weighted by atomic mass is 10.1. The third-order valence-corrected chi connectivity index (χ3v) is 4.71. The number of hydrogen-bond donors (Lipinski definition) is 0. The molecule has 0 heterocycles. The summed E-state index contributed by atoms with van der Waals surface area (Å²) in [7, 11) is 1.37. The number of halogens is 1. The Kier molecular flexibility index (Phi) is 6.44. The van der Waals surface area contributed by atoms with E-state index in [1.807, 2.05) is 72.8 Å². The minimum atomic E-state index is -0.356. The molecule has 0 amide bonds. The first-order valence-electron chi connectivity index (χ1n) is 8.49. The van der Waals surface area contributed by atoms with Gasteiger partial charge in [-0.25, -0.2) is 4.79 Å². The third-order valence-electron chi connectivity index (χ3n) is 4.02. The summed E-state index contributed by atoms with van der Waals surface area (Å²) >= 11 is 3.51. The molecule has 3 aromatic carbocycles. The molecule has 0 unspecified atom stereocenters. The number of rotatable bonds is 6. The van der Waals surface area contributed by atoms with Crippen LogP contribution in [0.15, 0.2) is 77.3 Å². The van der Waals surface area contributed by atoms with Gasteiger partial charge in [-0.2, -0.15) is 0 Å². The average Bonchev–Trinajstić information content (AvgIpc) is 2.72. The van der Waals surface area contributed by atoms with Crippen LogP contribution in [0.2, 0.25) is 0 Å². The van der Waals surface area contributed by atoms with Crippen LogP contribution in [-0.4, -0.2) is 13.1 Å². The van der Waals surface area contributed by atoms with Crippen LogP contribution in [0.4, 0.5) is 0 Å². The van der Waals surface area contributed by atoms with E-state index in [1.165, 1.54) is 7.11 Å². The lowest BCUT2D eigenvalue weighted by Crippen LogP contribution is -2.00. The minimum absolute atomic E-state index is 0.356. The maximum absolute atomic E-state index is 11.6. The average molecular weight is 423 g/mol. The maximum Gasteiger partial charge on any atom is 0.337 e. The number of carbonyl (C=O) groups excluding carboxylic acids is 1. The van der Waals surface area contributed by atoms with Gasteiger partial charge in [0.2, 0.25) is 0 Å². The molecular weight excluding hydrogens is 404 g/mol. The van der Waals surface area contributed by atoms with Gasteiger partial charge in [0.15, 0.2) is 0 Å². The van der Waals surface area contributed by atoms with E-state index in [0.29, 0.717) is 12.2 Å². The second-order valence-corrected chi connectivity index (χ2v) is 6.73. The smallest absolute Gasteiger partial charge is 0.337 e. The first kappa shape index (κ1) is 18.9. The van der Waals surface area contributed by atoms with Crippen molar-refractivity contribution in [2.45, 2.75) is 6.61 Å². The van der Waals surface area contributed by atoms with Gasteiger partial charge in [-0.3, -0.25) is 0 Å². The molecule has 0 spiro atoms. The molecular formula is C23H19BrO3. The summed E-state index contributed by atoms with van der Waals surface area (Å²) in [6.45, 7) is 0.517. The Morgan fingerprint density at radius 1 is 0.926 bits per heavy atom. The van der Waals surface area contributed by atoms with Gasteiger partial charge in [0, 0.05) is 10.0 Å². The Hall–Kier alpha value is -2.85. The topological polar surface area (TPSA) is 35.5 Å². The number of carbonyl (C=O) groups is 1. The Bertz CT molecular complexity index is 949. The van der Waals surface area contributed by atoms with Crippen LogP contribution >= 0.6 is 15.9 Å². The summed E-state index contributed by atoms with van der Waals surface area (Å²) in [6.07, 6.45) is 3.98. The van der Waals surface area contributed by atoms with Gasteiger partial charge >= 0.3 is 5.97 Å². The number of methoxy groups -OCH3 is 1. The van der Waals surface area contributed by atoms with Crippen molar-refractivity contribution in [2.75, 3.05) is 7.11 Å². The summed E-state index contributed by atoms with van der Waals surface area (Å²) in [4.78, 5) is 11.6. The maximum atomic E-state index is 11.6. The second kappa shape index (κ2) is 9.19. The van der Waals surface area contributed by atoms with Crippen molar-refractivity contribution in [3.63, 3.8) is 0 Å². The van der Waals surface area contributed by atoms with E-state index in [-0.39, 0.29) is 5.97 Å². The molecule has 0 atom stereocenters. The Balaban J connectivity index is 1.76. The number of ether oxygens (including phenoxy) is 2. The lowest BCUT2D eigenvalue weighted by Gasteiger charge is -2.09. The Morgan fingerprint density at radius 2 is 1.63 bits per heavy atom. The number of para-hydroxylation sites is 1. The second-order valence-electron chi connectivity index (χ2n) is 5.87. The summed E-state index contributed by atoms with van der Waals surface area (Å²) in [5, 5.41) is 0. The van der Waals surface area contributed by atoms with Gasteiger partial charge in [0.25, 0.3) is 0 Å². The first-order chi connectivity index (χ1) is 13.2. The first-order valence-corrected chi connectivity index (χ1v) is 9.28. The molecule has 0 saturated carbocycles. The molecule has 0 aliphatic heterocycles. The predicted octanol–water partition coefficient (Wildman–Crippen LogP) is 5.99. The molecule has 0 aliphatic rings. The van der Waals surface area contributed by atoms with Crippen molar-refractivity contribution >= 4 is 34.1 Å². The van der Waals surface area contributed by atoms with Gasteiger partial charge in [-0.15, -0.1) is 0 Å². The molecule has 0 fully saturated rings. The fraction of sp³-hybridized carbons (Fsp3) is 0.0870. The Morgan fingerprint density at radius 3 is 2.37 bits per heavy atom. The summed E-state index contributed by atoms with van der Waals surface area (Å²) in [5.41, 5.74) is 3.57. The van der Waals surface area contributed by atoms with E-state index in [9.17, 15) is 4.79 Å². The third kappa shape index (κ3) is 5.08. The molecule has 3 nitrogen and oxygen atoms in total. The van der Waals surface area contributed by atoms with E-state index < -0.39 is 0 Å². The van der Waals surface area contributed by atoms with Crippen molar-refractivity contribution in [3.8, 4) is 5.75 Å². The fourth-order valence-corrected chi connectivity index (χ4v) is 3.08. The number of benzene rings is 3. The largest absolute Gasteiger partial charge is 0.488 e. The molecule has 3 rings (SSSR count). The van der Waals surface area contributed by atoms with E-state index in [0.717, 1.165) is 26.9 Å². The summed E-state index contributed by atoms with van der Waals surface area (Å²) < 4.78 is 11.6. The zero-order valence-electron chi connectivity index (χ0n) is 14.9. The van der Waals surface area contributed by atoms with E-state index in [2.05, 4.69) is 15.9 Å². The molecule has 3 aromatic rings. The SMILES string of the molecule is COC(=O)c1ccc(/C=C\c2ccccc2OCc2ccccc2)c(Br)c1. The van der Waals surface area contributed by atoms with E-state index in [1.54, 1.807) is 12.1 Å². The van der Waals surface area contributed by atoms with Crippen molar-refractivity contribution in [2.24, 2.45) is 0 Å². The van der Waals surface area contributed by atoms with Crippen molar-refractivity contribution in [1.82, 2.24) is 0 Å². The van der Waals surface area contributed by atoms with Crippen LogP contribution in [0.25, 0.3) is 12.2 Å². The van der Waals surface area contributed by atoms with E-state index >= 15 is 0 Å². The quantitative estimate of drug-likeness (QED) is 0.361. The number of hydrogen-bond acceptors (Lipinski definition) is 3. The molecule has 27 heavy (non-hydrogen) atoms. The summed E-state index contributed by atoms with van der Waals surface area (Å²) in [6, 6.07) is 23.3. The highest BCUT2D eigenvalue weighted by molar-refractivity contribution is 9.10. The van der Waals surface area contributed by atoms with E-state index in [4.69, 9.17) is 9.47 Å². The molecule has 136 valence electrons. The van der Waals surface area contributed by atoms with Crippen molar-refractivity contribution in [3.05, 3.63) is 99.5 Å². The highest BCUT2D eigenvalue weighted by atomic mass is 79.9. The number of esters is 1. The van der Waals surface area contributed by atoms with Crippen LogP contribution in [0.3, 0.4) is 0 Å². The van der Waals surface area contributed by atoms with Crippen molar-refractivity contribution in [1.29, 1.82) is 0 Å². The molecule has 0 radical (unpaired) electrons. The van der Waals surface area contributed by atoms with Crippen LogP contribution in [0.5, 0.6) is 5.75 Å². The monoisotopic (exact) mass is 422 g/mol. The van der Waals surface area contributed by atoms with Crippen molar-refractivity contribution < 1.29 is 14.3 Å². The minimum Gasteiger partial charge on any atom is -0.488 e. The fourth-order valence-electron chi connectivity index (χ4n) is 2.57. The molecule has 0 N–H and O–H groups in total. The van der Waals surface area contributed by atoms with Crippen LogP contribution in [-0.2, 0) is 11.3 Å². The molecule has 0 aliphatic carbocycles. The normalized spacial score (nSPS) is 10.7. The van der Waals surface area contributed by atoms with Crippen LogP contribution in [0.1, 0.15) is 27.0 Å². The summed E-state index contributed by atoms with van der Waals surface area (Å²) in [5.74, 6) is 0.464. The van der Waals surface area contributed by atoms with Gasteiger partial charge in [-0.05, 0) is 29.3 Å². The molecule has 0 saturated heterocycles. The lowest BCUT2D eigenvalue weighted by molar-refractivity contribution is 0.0600. The van der Waals surface area contributed by atoms with Gasteiger partial charge < -0.3 is 9.47 Å². The zero-order valence-corrected chi connectivity index (χ0v) is 16.5. The molecule has 0 bridgehead atoms. The highest BCUT2D eigenvalue weighted by Gasteiger charge is 2.07. The Labute approximate surface area is 167 Å². The predicted molar refractivity (Wildman–Crippen MR) is 112 cm³/mol. The van der Waals surface area contributed by atoms with Gasteiger partial charge in [0.05, 0.1) is 12.7 Å². The highest BCUT2D eigenvalue weighted by Crippen LogP contribution is 2.25. The molecule has 0 aromatic heterocycles. The standard InChI is InChI=1S/C23H19BrO3/c1-26-23(25)20-14-12-18(21(24)15-20)11-13-19-9-5-6-10-22(19)27-16-17-7-3-2-4-8-17/h2-15H,16H2,1H3/b13-11-. The van der Waals surface area contributed by atoms with Gasteiger partial charge in [0.1, 0.15) is 12.4 Å². The molecule has 4 heteroatoms. The zero-order chi connectivity index (χ0) is 19.1. The van der Waals surface area contributed by atoms with Gasteiger partial charge in [-0.1, -0.05) is 82.7 Å².